The number of aliphatic hydroxyl groups is 1. The first-order chi connectivity index (χ1) is 8.03. The van der Waals surface area contributed by atoms with Crippen molar-refractivity contribution in [2.24, 2.45) is 0 Å². The molecule has 1 atom stereocenters. The summed E-state index contributed by atoms with van der Waals surface area (Å²) in [7, 11) is 1.72. The van der Waals surface area contributed by atoms with E-state index in [0.29, 0.717) is 0 Å². The monoisotopic (exact) mass is 236 g/mol. The van der Waals surface area contributed by atoms with E-state index in [-0.39, 0.29) is 11.7 Å². The molecule has 0 aliphatic heterocycles. The Morgan fingerprint density at radius 2 is 1.82 bits per heavy atom. The van der Waals surface area contributed by atoms with Crippen molar-refractivity contribution in [2.45, 2.75) is 51.2 Å². The van der Waals surface area contributed by atoms with Gasteiger partial charge in [0.05, 0.1) is 11.7 Å². The molecule has 0 fully saturated rings. The Kier molecular flexibility index (Phi) is 5.66. The standard InChI is InChI=1S/C15H24O2/c1-15(2,17-3)12-11-14(16)10-9-13-7-5-4-6-8-13/h4-8,14,16H,9-12H2,1-3H3. The maximum absolute atomic E-state index is 9.91. The summed E-state index contributed by atoms with van der Waals surface area (Å²) in [5.74, 6) is 0. The van der Waals surface area contributed by atoms with Crippen LogP contribution in [0, 0.1) is 0 Å². The SMILES string of the molecule is COC(C)(C)CCC(O)CCc1ccccc1. The molecule has 1 N–H and O–H groups in total. The van der Waals surface area contributed by atoms with Gasteiger partial charge < -0.3 is 9.84 Å². The summed E-state index contributed by atoms with van der Waals surface area (Å²) in [5, 5.41) is 9.91. The molecule has 0 saturated heterocycles. The first-order valence-corrected chi connectivity index (χ1v) is 6.30. The van der Waals surface area contributed by atoms with E-state index in [1.165, 1.54) is 5.56 Å². The number of aryl methyl sites for hydroxylation is 1. The van der Waals surface area contributed by atoms with Gasteiger partial charge >= 0.3 is 0 Å². The van der Waals surface area contributed by atoms with Crippen molar-refractivity contribution in [3.63, 3.8) is 0 Å². The van der Waals surface area contributed by atoms with Crippen LogP contribution in [0.3, 0.4) is 0 Å². The van der Waals surface area contributed by atoms with Gasteiger partial charge in [-0.05, 0) is 45.1 Å². The Morgan fingerprint density at radius 3 is 2.41 bits per heavy atom. The molecule has 17 heavy (non-hydrogen) atoms. The average molecular weight is 236 g/mol. The topological polar surface area (TPSA) is 29.5 Å². The van der Waals surface area contributed by atoms with E-state index in [9.17, 15) is 5.11 Å². The number of hydrogen-bond donors (Lipinski definition) is 1. The van der Waals surface area contributed by atoms with Crippen molar-refractivity contribution < 1.29 is 9.84 Å². The molecule has 0 spiro atoms. The predicted octanol–water partition coefficient (Wildman–Crippen LogP) is 3.19. The number of rotatable bonds is 7. The van der Waals surface area contributed by atoms with E-state index in [1.54, 1.807) is 7.11 Å². The zero-order valence-electron chi connectivity index (χ0n) is 11.1. The summed E-state index contributed by atoms with van der Waals surface area (Å²) in [6, 6.07) is 10.3. The molecule has 1 aromatic rings. The van der Waals surface area contributed by atoms with Gasteiger partial charge in [0.15, 0.2) is 0 Å². The van der Waals surface area contributed by atoms with Gasteiger partial charge in [0.2, 0.25) is 0 Å². The third-order valence-electron chi connectivity index (χ3n) is 3.24. The molecule has 0 aromatic heterocycles. The van der Waals surface area contributed by atoms with E-state index in [0.717, 1.165) is 25.7 Å². The van der Waals surface area contributed by atoms with E-state index in [1.807, 2.05) is 18.2 Å². The second-order valence-corrected chi connectivity index (χ2v) is 5.18. The maximum atomic E-state index is 9.91. The Hall–Kier alpha value is -0.860. The van der Waals surface area contributed by atoms with Crippen molar-refractivity contribution in [3.8, 4) is 0 Å². The van der Waals surface area contributed by atoms with Crippen LogP contribution in [0.1, 0.15) is 38.7 Å². The number of ether oxygens (including phenoxy) is 1. The van der Waals surface area contributed by atoms with Crippen LogP contribution in [0.25, 0.3) is 0 Å². The fourth-order valence-electron chi connectivity index (χ4n) is 1.74. The lowest BCUT2D eigenvalue weighted by atomic mass is 9.97. The normalized spacial score (nSPS) is 13.6. The molecule has 96 valence electrons. The molecule has 1 unspecified atom stereocenters. The van der Waals surface area contributed by atoms with Crippen molar-refractivity contribution in [1.82, 2.24) is 0 Å². The van der Waals surface area contributed by atoms with Crippen LogP contribution in [0.4, 0.5) is 0 Å². The molecule has 0 saturated carbocycles. The first-order valence-electron chi connectivity index (χ1n) is 6.30. The smallest absolute Gasteiger partial charge is 0.0623 e. The van der Waals surface area contributed by atoms with Crippen LogP contribution >= 0.6 is 0 Å². The quantitative estimate of drug-likeness (QED) is 0.788. The van der Waals surface area contributed by atoms with Crippen molar-refractivity contribution in [3.05, 3.63) is 35.9 Å². The van der Waals surface area contributed by atoms with Crippen molar-refractivity contribution >= 4 is 0 Å². The van der Waals surface area contributed by atoms with Gasteiger partial charge in [0, 0.05) is 7.11 Å². The average Bonchev–Trinajstić information content (AvgIpc) is 2.35. The fraction of sp³-hybridized carbons (Fsp3) is 0.600. The lowest BCUT2D eigenvalue weighted by Gasteiger charge is -2.24. The van der Waals surface area contributed by atoms with E-state index in [2.05, 4.69) is 26.0 Å². The molecule has 0 aliphatic rings. The molecule has 1 aromatic carbocycles. The summed E-state index contributed by atoms with van der Waals surface area (Å²) < 4.78 is 5.34. The predicted molar refractivity (Wildman–Crippen MR) is 71.1 cm³/mol. The first kappa shape index (κ1) is 14.2. The lowest BCUT2D eigenvalue weighted by Crippen LogP contribution is -2.24. The largest absolute Gasteiger partial charge is 0.393 e. The molecule has 0 heterocycles. The summed E-state index contributed by atoms with van der Waals surface area (Å²) in [6.45, 7) is 4.10. The van der Waals surface area contributed by atoms with Crippen LogP contribution in [0.5, 0.6) is 0 Å². The third kappa shape index (κ3) is 5.85. The minimum absolute atomic E-state index is 0.131. The highest BCUT2D eigenvalue weighted by Crippen LogP contribution is 2.18. The maximum Gasteiger partial charge on any atom is 0.0623 e. The Morgan fingerprint density at radius 1 is 1.18 bits per heavy atom. The van der Waals surface area contributed by atoms with Crippen LogP contribution in [-0.2, 0) is 11.2 Å². The number of benzene rings is 1. The number of aliphatic hydroxyl groups excluding tert-OH is 1. The van der Waals surface area contributed by atoms with Crippen LogP contribution in [0.15, 0.2) is 30.3 Å². The summed E-state index contributed by atoms with van der Waals surface area (Å²) in [6.07, 6.45) is 3.22. The third-order valence-corrected chi connectivity index (χ3v) is 3.24. The Labute approximate surface area is 105 Å². The molecule has 0 radical (unpaired) electrons. The zero-order valence-corrected chi connectivity index (χ0v) is 11.1. The molecule has 0 amide bonds. The highest BCUT2D eigenvalue weighted by Gasteiger charge is 2.18. The highest BCUT2D eigenvalue weighted by atomic mass is 16.5. The Bertz CT molecular complexity index is 306. The molecule has 0 bridgehead atoms. The second kappa shape index (κ2) is 6.77. The lowest BCUT2D eigenvalue weighted by molar-refractivity contribution is 0.00231. The summed E-state index contributed by atoms with van der Waals surface area (Å²) in [5.41, 5.74) is 1.16. The minimum atomic E-state index is -0.232. The second-order valence-electron chi connectivity index (χ2n) is 5.18. The van der Waals surface area contributed by atoms with Crippen molar-refractivity contribution in [2.75, 3.05) is 7.11 Å². The van der Waals surface area contributed by atoms with Gasteiger partial charge in [-0.25, -0.2) is 0 Å². The van der Waals surface area contributed by atoms with Crippen LogP contribution in [0.2, 0.25) is 0 Å². The summed E-state index contributed by atoms with van der Waals surface area (Å²) in [4.78, 5) is 0. The molecular formula is C15H24O2. The van der Waals surface area contributed by atoms with E-state index in [4.69, 9.17) is 4.74 Å². The van der Waals surface area contributed by atoms with Gasteiger partial charge in [-0.2, -0.15) is 0 Å². The van der Waals surface area contributed by atoms with Gasteiger partial charge in [0.1, 0.15) is 0 Å². The van der Waals surface area contributed by atoms with Gasteiger partial charge in [0.25, 0.3) is 0 Å². The molecule has 1 rings (SSSR count). The van der Waals surface area contributed by atoms with Crippen LogP contribution < -0.4 is 0 Å². The fourth-order valence-corrected chi connectivity index (χ4v) is 1.74. The highest BCUT2D eigenvalue weighted by molar-refractivity contribution is 5.14. The Balaban J connectivity index is 2.24. The number of hydrogen-bond acceptors (Lipinski definition) is 2. The minimum Gasteiger partial charge on any atom is -0.393 e. The van der Waals surface area contributed by atoms with E-state index >= 15 is 0 Å². The molecule has 2 heteroatoms. The van der Waals surface area contributed by atoms with Gasteiger partial charge in [-0.15, -0.1) is 0 Å². The van der Waals surface area contributed by atoms with Gasteiger partial charge in [-0.1, -0.05) is 30.3 Å². The van der Waals surface area contributed by atoms with Crippen LogP contribution in [-0.4, -0.2) is 23.9 Å². The van der Waals surface area contributed by atoms with Crippen molar-refractivity contribution in [1.29, 1.82) is 0 Å². The van der Waals surface area contributed by atoms with Gasteiger partial charge in [-0.3, -0.25) is 0 Å². The number of methoxy groups -OCH3 is 1. The molecule has 2 nitrogen and oxygen atoms in total. The molecular weight excluding hydrogens is 212 g/mol. The molecule has 0 aliphatic carbocycles. The zero-order chi connectivity index (χ0) is 12.7. The van der Waals surface area contributed by atoms with E-state index < -0.39 is 0 Å². The summed E-state index contributed by atoms with van der Waals surface area (Å²) >= 11 is 0.